The van der Waals surface area contributed by atoms with Crippen LogP contribution in [0.15, 0.2) is 71.8 Å². The van der Waals surface area contributed by atoms with Gasteiger partial charge in [-0.3, -0.25) is 38.9 Å². The molecule has 3 fully saturated rings. The number of nitrogens with one attached hydrogen (secondary N) is 3. The average molecular weight is 923 g/mol. The molecule has 14 nitrogen and oxygen atoms in total. The lowest BCUT2D eigenvalue weighted by Gasteiger charge is -2.39. The molecule has 4 aliphatic heterocycles. The molecule has 0 aliphatic carbocycles. The Balaban J connectivity index is 0.769. The molecule has 0 saturated carbocycles. The van der Waals surface area contributed by atoms with Gasteiger partial charge in [0.2, 0.25) is 11.8 Å². The van der Waals surface area contributed by atoms with Crippen molar-refractivity contribution >= 4 is 51.4 Å². The molecule has 18 heteroatoms. The van der Waals surface area contributed by atoms with Crippen molar-refractivity contribution in [1.29, 1.82) is 0 Å². The van der Waals surface area contributed by atoms with Crippen LogP contribution in [0.3, 0.4) is 0 Å². The Hall–Kier alpha value is -6.53. The van der Waals surface area contributed by atoms with Crippen LogP contribution < -0.4 is 26.4 Å². The molecule has 4 aliphatic rings. The Morgan fingerprint density at radius 3 is 2.27 bits per heavy atom. The summed E-state index contributed by atoms with van der Waals surface area (Å²) >= 11 is 0. The van der Waals surface area contributed by atoms with E-state index in [1.807, 2.05) is 35.6 Å². The van der Waals surface area contributed by atoms with Crippen LogP contribution in [0.5, 0.6) is 0 Å². The van der Waals surface area contributed by atoms with Crippen LogP contribution in [-0.2, 0) is 16.6 Å². The summed E-state index contributed by atoms with van der Waals surface area (Å²) in [4.78, 5) is 62.9. The normalized spacial score (nSPS) is 19.4. The second-order valence-corrected chi connectivity index (χ2v) is 18.0. The van der Waals surface area contributed by atoms with Gasteiger partial charge in [0, 0.05) is 126 Å². The molecule has 3 saturated heterocycles. The number of hydrogen-bond acceptors (Lipinski definition) is 10. The van der Waals surface area contributed by atoms with Crippen molar-refractivity contribution < 1.29 is 31.9 Å². The minimum absolute atomic E-state index is 0.0151. The quantitative estimate of drug-likeness (QED) is 0.106. The number of piperazine rings is 1. The largest absolute Gasteiger partial charge is 0.386 e. The topological polar surface area (TPSA) is 140 Å². The first kappa shape index (κ1) is 45.6. The van der Waals surface area contributed by atoms with Crippen LogP contribution in [-0.4, -0.2) is 119 Å². The number of aromatic nitrogens is 3. The van der Waals surface area contributed by atoms with E-state index in [0.717, 1.165) is 56.5 Å². The lowest BCUT2D eigenvalue weighted by molar-refractivity contribution is -0.133. The standard InChI is InChI=1S/C49H54F4N10O4/c1-29(43-25-34-41(8-13-55-47(34)58(43)3)63-28-38(53)40(54-2)26-45(63)65)60-16-11-31(12-17-60)46-36(51)22-32(23-37(46)52)49(67)62-14-9-30(10-15-62)27-59-18-20-61(21-19-59)42-6-4-33(24-35(42)50)56-39-5-7-44(64)57-48(39)66/h4,6,8,11,13,22-26,28-30,39,54,56H,5,7,9-10,12,14-21,27H2,1-3H3,(H,57,64,66)/t29-,39?/m0/s1. The summed E-state index contributed by atoms with van der Waals surface area (Å²) in [7, 11) is 3.43. The lowest BCUT2D eigenvalue weighted by atomic mass is 9.94. The summed E-state index contributed by atoms with van der Waals surface area (Å²) in [6, 6.07) is 11.2. The van der Waals surface area contributed by atoms with E-state index in [9.17, 15) is 23.6 Å². The smallest absolute Gasteiger partial charge is 0.257 e. The van der Waals surface area contributed by atoms with Crippen molar-refractivity contribution in [3.63, 3.8) is 0 Å². The van der Waals surface area contributed by atoms with E-state index in [2.05, 4.69) is 30.7 Å². The van der Waals surface area contributed by atoms with E-state index in [1.54, 1.807) is 36.3 Å². The molecule has 5 aromatic rings. The highest BCUT2D eigenvalue weighted by molar-refractivity contribution is 6.01. The van der Waals surface area contributed by atoms with Gasteiger partial charge in [-0.05, 0) is 86.6 Å². The molecule has 9 rings (SSSR count). The van der Waals surface area contributed by atoms with E-state index in [0.29, 0.717) is 91.7 Å². The van der Waals surface area contributed by atoms with E-state index < -0.39 is 40.9 Å². The van der Waals surface area contributed by atoms with E-state index in [4.69, 9.17) is 0 Å². The second-order valence-electron chi connectivity index (χ2n) is 18.0. The van der Waals surface area contributed by atoms with Gasteiger partial charge in [-0.1, -0.05) is 6.08 Å². The van der Waals surface area contributed by atoms with Gasteiger partial charge in [0.1, 0.15) is 29.1 Å². The molecule has 0 radical (unpaired) electrons. The van der Waals surface area contributed by atoms with Gasteiger partial charge in [-0.25, -0.2) is 22.5 Å². The molecule has 3 amide bonds. The molecule has 2 aromatic carbocycles. The number of likely N-dealkylation sites (tertiary alicyclic amines) is 1. The van der Waals surface area contributed by atoms with Crippen molar-refractivity contribution in [3.05, 3.63) is 117 Å². The molecule has 2 atom stereocenters. The third-order valence-electron chi connectivity index (χ3n) is 14.0. The van der Waals surface area contributed by atoms with Crippen LogP contribution in [0.1, 0.15) is 66.7 Å². The maximum Gasteiger partial charge on any atom is 0.257 e. The van der Waals surface area contributed by atoms with E-state index in [-0.39, 0.29) is 41.0 Å². The number of benzene rings is 2. The number of imide groups is 1. The van der Waals surface area contributed by atoms with Crippen LogP contribution in [0.2, 0.25) is 0 Å². The van der Waals surface area contributed by atoms with Crippen LogP contribution in [0, 0.1) is 29.2 Å². The summed E-state index contributed by atoms with van der Waals surface area (Å²) in [5.41, 5.74) is 3.10. The van der Waals surface area contributed by atoms with Gasteiger partial charge in [0.15, 0.2) is 5.82 Å². The first-order valence-electron chi connectivity index (χ1n) is 22.9. The lowest BCUT2D eigenvalue weighted by Crippen LogP contribution is -2.49. The molecule has 0 bridgehead atoms. The van der Waals surface area contributed by atoms with Gasteiger partial charge in [0.25, 0.3) is 11.5 Å². The summed E-state index contributed by atoms with van der Waals surface area (Å²) in [5.74, 6) is -3.27. The van der Waals surface area contributed by atoms with E-state index >= 15 is 13.2 Å². The number of nitrogens with zero attached hydrogens (tertiary/aromatic N) is 7. The predicted octanol–water partition coefficient (Wildman–Crippen LogP) is 6.06. The maximum absolute atomic E-state index is 15.8. The minimum atomic E-state index is -0.772. The number of aryl methyl sites for hydroxylation is 1. The second kappa shape index (κ2) is 19.0. The Morgan fingerprint density at radius 1 is 0.851 bits per heavy atom. The summed E-state index contributed by atoms with van der Waals surface area (Å²) < 4.78 is 64.8. The van der Waals surface area contributed by atoms with Gasteiger partial charge < -0.3 is 25.0 Å². The SMILES string of the molecule is CNc1cc(=O)n(-c2ccnc3c2cc([C@H](C)N2CC=C(c4c(F)cc(C(=O)N5CCC(CN6CCN(c7ccc(NC8CCC(=O)NC8=O)cc7F)CC6)CC5)cc4F)CC2)n3C)cc1F. The highest BCUT2D eigenvalue weighted by atomic mass is 19.1. The maximum atomic E-state index is 15.8. The number of carbonyl (C=O) groups is 3. The van der Waals surface area contributed by atoms with Crippen LogP contribution in [0.25, 0.3) is 22.3 Å². The summed E-state index contributed by atoms with van der Waals surface area (Å²) in [6.07, 6.45) is 7.05. The predicted molar refractivity (Wildman–Crippen MR) is 248 cm³/mol. The number of carbonyl (C=O) groups excluding carboxylic acids is 3. The molecule has 0 spiro atoms. The molecule has 3 aromatic heterocycles. The van der Waals surface area contributed by atoms with Crippen molar-refractivity contribution in [1.82, 2.24) is 34.1 Å². The van der Waals surface area contributed by atoms with Gasteiger partial charge in [-0.2, -0.15) is 0 Å². The molecular formula is C49H54F4N10O4. The molecule has 3 N–H and O–H groups in total. The first-order chi connectivity index (χ1) is 32.3. The number of halogens is 4. The highest BCUT2D eigenvalue weighted by Crippen LogP contribution is 2.35. The number of amides is 3. The molecule has 1 unspecified atom stereocenters. The van der Waals surface area contributed by atoms with Crippen molar-refractivity contribution in [2.24, 2.45) is 13.0 Å². The zero-order chi connectivity index (χ0) is 47.1. The van der Waals surface area contributed by atoms with Gasteiger partial charge >= 0.3 is 0 Å². The third-order valence-corrected chi connectivity index (χ3v) is 14.0. The molecule has 7 heterocycles. The molecule has 352 valence electrons. The fourth-order valence-electron chi connectivity index (χ4n) is 10.1. The number of anilines is 3. The Morgan fingerprint density at radius 2 is 1.60 bits per heavy atom. The number of piperidine rings is 2. The Kier molecular flexibility index (Phi) is 12.9. The summed E-state index contributed by atoms with van der Waals surface area (Å²) in [6.45, 7) is 7.54. The average Bonchev–Trinajstić information content (AvgIpc) is 3.66. The monoisotopic (exact) mass is 922 g/mol. The van der Waals surface area contributed by atoms with Crippen molar-refractivity contribution in [2.75, 3.05) is 81.5 Å². The molecule has 67 heavy (non-hydrogen) atoms. The first-order valence-corrected chi connectivity index (χ1v) is 22.9. The van der Waals surface area contributed by atoms with Gasteiger partial charge in [-0.15, -0.1) is 0 Å². The summed E-state index contributed by atoms with van der Waals surface area (Å²) in [5, 5.41) is 8.69. The fraction of sp³-hybridized carbons (Fsp3) is 0.408. The number of hydrogen-bond donors (Lipinski definition) is 3. The zero-order valence-corrected chi connectivity index (χ0v) is 37.8. The minimum Gasteiger partial charge on any atom is -0.386 e. The van der Waals surface area contributed by atoms with E-state index in [1.165, 1.54) is 16.7 Å². The van der Waals surface area contributed by atoms with Crippen LogP contribution >= 0.6 is 0 Å². The highest BCUT2D eigenvalue weighted by Gasteiger charge is 2.31. The van der Waals surface area contributed by atoms with Crippen molar-refractivity contribution in [3.8, 4) is 5.69 Å². The van der Waals surface area contributed by atoms with Crippen LogP contribution in [0.4, 0.5) is 34.6 Å². The number of fused-ring (bicyclic) bond motifs is 1. The Bertz CT molecular complexity index is 2810. The number of rotatable bonds is 11. The molecular weight excluding hydrogens is 869 g/mol. The zero-order valence-electron chi connectivity index (χ0n) is 37.8. The van der Waals surface area contributed by atoms with Crippen molar-refractivity contribution in [2.45, 2.75) is 51.1 Å². The fourth-order valence-corrected chi connectivity index (χ4v) is 10.1. The number of pyridine rings is 2. The Labute approximate surface area is 385 Å². The third kappa shape index (κ3) is 9.28. The van der Waals surface area contributed by atoms with Gasteiger partial charge in [0.05, 0.1) is 23.3 Å².